The van der Waals surface area contributed by atoms with Crippen LogP contribution in [0.3, 0.4) is 0 Å². The molecule has 0 aliphatic carbocycles. The number of anilines is 2. The first kappa shape index (κ1) is 15.6. The van der Waals surface area contributed by atoms with E-state index in [1.54, 1.807) is 7.11 Å². The maximum atomic E-state index is 13.5. The zero-order chi connectivity index (χ0) is 14.1. The average molecular weight is 271 g/mol. The van der Waals surface area contributed by atoms with Gasteiger partial charge in [0.25, 0.3) is 0 Å². The Bertz CT molecular complexity index is 377. The summed E-state index contributed by atoms with van der Waals surface area (Å²) in [5, 5.41) is 5.92. The molecule has 0 saturated heterocycles. The van der Waals surface area contributed by atoms with Crippen LogP contribution in [0.25, 0.3) is 0 Å². The first-order valence-electron chi connectivity index (χ1n) is 6.35. The van der Waals surface area contributed by atoms with Gasteiger partial charge in [-0.1, -0.05) is 0 Å². The van der Waals surface area contributed by atoms with Crippen LogP contribution in [0.1, 0.15) is 6.92 Å². The molecule has 0 aliphatic rings. The van der Waals surface area contributed by atoms with E-state index in [2.05, 4.69) is 25.5 Å². The lowest BCUT2D eigenvalue weighted by atomic mass is 10.4. The van der Waals surface area contributed by atoms with E-state index in [0.29, 0.717) is 25.6 Å². The Morgan fingerprint density at radius 1 is 1.37 bits per heavy atom. The van der Waals surface area contributed by atoms with Gasteiger partial charge in [-0.25, -0.2) is 9.37 Å². The Hall–Kier alpha value is -1.47. The fourth-order valence-corrected chi connectivity index (χ4v) is 1.46. The lowest BCUT2D eigenvalue weighted by Gasteiger charge is -2.16. The molecule has 0 aromatic carbocycles. The Labute approximate surface area is 113 Å². The normalized spacial score (nSPS) is 10.8. The number of nitrogens with one attached hydrogen (secondary N) is 2. The molecule has 0 amide bonds. The molecule has 0 bridgehead atoms. The number of hydrogen-bond donors (Lipinski definition) is 2. The Balaban J connectivity index is 2.41. The highest BCUT2D eigenvalue weighted by molar-refractivity contribution is 5.40. The Morgan fingerprint density at radius 3 is 2.84 bits per heavy atom. The van der Waals surface area contributed by atoms with Gasteiger partial charge in [-0.05, 0) is 14.0 Å². The monoisotopic (exact) mass is 271 g/mol. The second-order valence-corrected chi connectivity index (χ2v) is 4.14. The summed E-state index contributed by atoms with van der Waals surface area (Å²) in [4.78, 5) is 10.0. The van der Waals surface area contributed by atoms with E-state index < -0.39 is 5.82 Å². The summed E-state index contributed by atoms with van der Waals surface area (Å²) < 4.78 is 18.5. The first-order chi connectivity index (χ1) is 9.17. The van der Waals surface area contributed by atoms with Gasteiger partial charge in [-0.3, -0.25) is 0 Å². The van der Waals surface area contributed by atoms with Crippen molar-refractivity contribution in [2.75, 3.05) is 57.6 Å². The maximum absolute atomic E-state index is 13.5. The topological polar surface area (TPSA) is 62.3 Å². The van der Waals surface area contributed by atoms with Crippen molar-refractivity contribution >= 4 is 11.8 Å². The molecule has 0 unspecified atom stereocenters. The molecular formula is C12H22FN5O. The van der Waals surface area contributed by atoms with Crippen LogP contribution in [-0.4, -0.2) is 61.8 Å². The summed E-state index contributed by atoms with van der Waals surface area (Å²) in [5.41, 5.74) is 0. The number of hydrogen-bond acceptors (Lipinski definition) is 6. The smallest absolute Gasteiger partial charge is 0.224 e. The lowest BCUT2D eigenvalue weighted by Crippen LogP contribution is -2.28. The van der Waals surface area contributed by atoms with Crippen LogP contribution in [0.4, 0.5) is 16.2 Å². The minimum atomic E-state index is -0.443. The second kappa shape index (κ2) is 8.60. The average Bonchev–Trinajstić information content (AvgIpc) is 2.40. The van der Waals surface area contributed by atoms with Crippen LogP contribution in [0.5, 0.6) is 0 Å². The van der Waals surface area contributed by atoms with Gasteiger partial charge in [0.2, 0.25) is 5.95 Å². The number of likely N-dealkylation sites (N-methyl/N-ethyl adjacent to an activating group) is 1. The molecule has 2 N–H and O–H groups in total. The molecule has 1 aromatic rings. The molecule has 1 aromatic heterocycles. The highest BCUT2D eigenvalue weighted by Crippen LogP contribution is 2.11. The van der Waals surface area contributed by atoms with E-state index in [4.69, 9.17) is 4.74 Å². The van der Waals surface area contributed by atoms with E-state index in [1.807, 2.05) is 14.0 Å². The zero-order valence-electron chi connectivity index (χ0n) is 11.7. The zero-order valence-corrected chi connectivity index (χ0v) is 11.7. The summed E-state index contributed by atoms with van der Waals surface area (Å²) >= 11 is 0. The number of rotatable bonds is 9. The number of aromatic nitrogens is 2. The van der Waals surface area contributed by atoms with Crippen LogP contribution < -0.4 is 10.6 Å². The minimum Gasteiger partial charge on any atom is -0.383 e. The number of halogens is 1. The van der Waals surface area contributed by atoms with Crippen molar-refractivity contribution in [2.45, 2.75) is 6.92 Å². The number of methoxy groups -OCH3 is 1. The van der Waals surface area contributed by atoms with Crippen LogP contribution in [0.15, 0.2) is 6.20 Å². The van der Waals surface area contributed by atoms with Crippen molar-refractivity contribution in [3.63, 3.8) is 0 Å². The van der Waals surface area contributed by atoms with Gasteiger partial charge >= 0.3 is 0 Å². The Morgan fingerprint density at radius 2 is 2.16 bits per heavy atom. The summed E-state index contributed by atoms with van der Waals surface area (Å²) in [7, 11) is 3.66. The van der Waals surface area contributed by atoms with Crippen LogP contribution in [0, 0.1) is 5.82 Å². The molecule has 0 fully saturated rings. The molecular weight excluding hydrogens is 249 g/mol. The second-order valence-electron chi connectivity index (χ2n) is 4.14. The molecule has 1 rings (SSSR count). The van der Waals surface area contributed by atoms with E-state index in [9.17, 15) is 4.39 Å². The van der Waals surface area contributed by atoms with Gasteiger partial charge < -0.3 is 20.3 Å². The fourth-order valence-electron chi connectivity index (χ4n) is 1.46. The van der Waals surface area contributed by atoms with Gasteiger partial charge in [0.05, 0.1) is 12.8 Å². The van der Waals surface area contributed by atoms with Crippen molar-refractivity contribution < 1.29 is 9.13 Å². The summed E-state index contributed by atoms with van der Waals surface area (Å²) in [6.07, 6.45) is 1.17. The van der Waals surface area contributed by atoms with Gasteiger partial charge in [-0.15, -0.1) is 0 Å². The molecule has 0 aliphatic heterocycles. The van der Waals surface area contributed by atoms with E-state index in [0.717, 1.165) is 13.1 Å². The predicted molar refractivity (Wildman–Crippen MR) is 74.0 cm³/mol. The van der Waals surface area contributed by atoms with Gasteiger partial charge in [0.15, 0.2) is 11.6 Å². The standard InChI is InChI=1S/C12H22FN5O/c1-4-14-12-16-9-10(13)11(17-12)15-5-6-18(2)7-8-19-3/h9H,4-8H2,1-3H3,(H2,14,15,16,17). The summed E-state index contributed by atoms with van der Waals surface area (Å²) in [6.45, 7) is 5.55. The van der Waals surface area contributed by atoms with E-state index >= 15 is 0 Å². The molecule has 0 radical (unpaired) electrons. The summed E-state index contributed by atoms with van der Waals surface area (Å²) in [6, 6.07) is 0. The molecule has 0 saturated carbocycles. The van der Waals surface area contributed by atoms with E-state index in [1.165, 1.54) is 6.20 Å². The lowest BCUT2D eigenvalue weighted by molar-refractivity contribution is 0.163. The van der Waals surface area contributed by atoms with Crippen LogP contribution in [-0.2, 0) is 4.74 Å². The molecule has 0 spiro atoms. The SMILES string of the molecule is CCNc1ncc(F)c(NCCN(C)CCOC)n1. The fraction of sp³-hybridized carbons (Fsp3) is 0.667. The number of ether oxygens (including phenoxy) is 1. The molecule has 1 heterocycles. The Kier molecular flexibility index (Phi) is 7.06. The van der Waals surface area contributed by atoms with Crippen LogP contribution in [0.2, 0.25) is 0 Å². The quantitative estimate of drug-likeness (QED) is 0.699. The van der Waals surface area contributed by atoms with Gasteiger partial charge in [0, 0.05) is 33.3 Å². The van der Waals surface area contributed by atoms with Gasteiger partial charge in [0.1, 0.15) is 0 Å². The third-order valence-corrected chi connectivity index (χ3v) is 2.54. The number of nitrogens with zero attached hydrogens (tertiary/aromatic N) is 3. The predicted octanol–water partition coefficient (Wildman–Crippen LogP) is 1.04. The minimum absolute atomic E-state index is 0.228. The molecule has 19 heavy (non-hydrogen) atoms. The largest absolute Gasteiger partial charge is 0.383 e. The van der Waals surface area contributed by atoms with E-state index in [-0.39, 0.29) is 5.82 Å². The van der Waals surface area contributed by atoms with Gasteiger partial charge in [-0.2, -0.15) is 4.98 Å². The molecule has 6 nitrogen and oxygen atoms in total. The van der Waals surface area contributed by atoms with Crippen molar-refractivity contribution in [1.82, 2.24) is 14.9 Å². The van der Waals surface area contributed by atoms with Crippen molar-refractivity contribution in [3.8, 4) is 0 Å². The highest BCUT2D eigenvalue weighted by atomic mass is 19.1. The highest BCUT2D eigenvalue weighted by Gasteiger charge is 2.06. The molecule has 7 heteroatoms. The first-order valence-corrected chi connectivity index (χ1v) is 6.35. The van der Waals surface area contributed by atoms with Crippen molar-refractivity contribution in [2.24, 2.45) is 0 Å². The molecule has 0 atom stereocenters. The molecule has 108 valence electrons. The van der Waals surface area contributed by atoms with Crippen molar-refractivity contribution in [3.05, 3.63) is 12.0 Å². The van der Waals surface area contributed by atoms with Crippen LogP contribution >= 0.6 is 0 Å². The summed E-state index contributed by atoms with van der Waals surface area (Å²) in [5.74, 6) is 0.214. The third-order valence-electron chi connectivity index (χ3n) is 2.54. The van der Waals surface area contributed by atoms with Crippen molar-refractivity contribution in [1.29, 1.82) is 0 Å². The maximum Gasteiger partial charge on any atom is 0.224 e. The third kappa shape index (κ3) is 5.80.